The number of carboxylic acids is 1. The summed E-state index contributed by atoms with van der Waals surface area (Å²) in [5.74, 6) is -1.18. The van der Waals surface area contributed by atoms with E-state index in [4.69, 9.17) is 10.8 Å². The average Bonchev–Trinajstić information content (AvgIpc) is 2.39. The maximum atomic E-state index is 11.4. The number of nitrogens with two attached hydrogens (primary N) is 1. The number of para-hydroxylation sites is 1. The van der Waals surface area contributed by atoms with E-state index in [1.807, 2.05) is 30.3 Å². The predicted molar refractivity (Wildman–Crippen MR) is 72.8 cm³/mol. The normalized spacial score (nSPS) is 11.6. The van der Waals surface area contributed by atoms with Crippen LogP contribution in [-0.2, 0) is 9.59 Å². The Morgan fingerprint density at radius 1 is 1.21 bits per heavy atom. The fourth-order valence-corrected chi connectivity index (χ4v) is 1.46. The number of carboxylic acid groups (broad SMARTS) is 1. The Balaban J connectivity index is 2.10. The molecule has 1 atom stereocenters. The van der Waals surface area contributed by atoms with Crippen molar-refractivity contribution in [2.45, 2.75) is 18.9 Å². The monoisotopic (exact) mass is 265 g/mol. The molecule has 0 aliphatic heterocycles. The highest BCUT2D eigenvalue weighted by molar-refractivity contribution is 5.76. The van der Waals surface area contributed by atoms with E-state index in [0.717, 1.165) is 5.69 Å². The number of carbonyl (C=O) groups excluding carboxylic acids is 1. The molecule has 0 aliphatic carbocycles. The minimum Gasteiger partial charge on any atom is -0.480 e. The van der Waals surface area contributed by atoms with Crippen LogP contribution in [0.2, 0.25) is 0 Å². The first-order valence-corrected chi connectivity index (χ1v) is 6.13. The quantitative estimate of drug-likeness (QED) is 0.545. The number of anilines is 1. The minimum atomic E-state index is -1.06. The third-order valence-electron chi connectivity index (χ3n) is 2.55. The second kappa shape index (κ2) is 8.10. The molecule has 6 heteroatoms. The molecular formula is C13H19N3O3. The molecule has 0 bridgehead atoms. The molecule has 6 nitrogen and oxygen atoms in total. The number of rotatable bonds is 8. The van der Waals surface area contributed by atoms with Gasteiger partial charge in [-0.05, 0) is 18.6 Å². The van der Waals surface area contributed by atoms with Crippen LogP contribution < -0.4 is 16.4 Å². The lowest BCUT2D eigenvalue weighted by atomic mass is 10.2. The smallest absolute Gasteiger partial charge is 0.320 e. The molecule has 19 heavy (non-hydrogen) atoms. The van der Waals surface area contributed by atoms with Crippen molar-refractivity contribution in [3.8, 4) is 0 Å². The van der Waals surface area contributed by atoms with Crippen molar-refractivity contribution in [3.05, 3.63) is 30.3 Å². The van der Waals surface area contributed by atoms with E-state index < -0.39 is 12.0 Å². The molecule has 0 saturated heterocycles. The van der Waals surface area contributed by atoms with Crippen molar-refractivity contribution in [1.82, 2.24) is 5.32 Å². The lowest BCUT2D eigenvalue weighted by molar-refractivity contribution is -0.138. The van der Waals surface area contributed by atoms with Crippen LogP contribution in [0.3, 0.4) is 0 Å². The zero-order valence-electron chi connectivity index (χ0n) is 10.6. The van der Waals surface area contributed by atoms with E-state index in [-0.39, 0.29) is 18.9 Å². The van der Waals surface area contributed by atoms with Gasteiger partial charge in [0.1, 0.15) is 6.04 Å². The van der Waals surface area contributed by atoms with E-state index in [0.29, 0.717) is 13.0 Å². The van der Waals surface area contributed by atoms with Gasteiger partial charge in [0.25, 0.3) is 0 Å². The summed E-state index contributed by atoms with van der Waals surface area (Å²) in [7, 11) is 0. The van der Waals surface area contributed by atoms with Crippen LogP contribution >= 0.6 is 0 Å². The first-order valence-electron chi connectivity index (χ1n) is 6.13. The van der Waals surface area contributed by atoms with Gasteiger partial charge < -0.3 is 21.5 Å². The Labute approximate surface area is 112 Å². The Hall–Kier alpha value is -2.08. The standard InChI is InChI=1S/C13H19N3O3/c14-11(13(18)19)6-8-16-12(17)7-9-15-10-4-2-1-3-5-10/h1-5,11,15H,6-9,14H2,(H,16,17)(H,18,19). The van der Waals surface area contributed by atoms with E-state index >= 15 is 0 Å². The molecule has 5 N–H and O–H groups in total. The van der Waals surface area contributed by atoms with Crippen LogP contribution in [-0.4, -0.2) is 36.1 Å². The maximum absolute atomic E-state index is 11.4. The van der Waals surface area contributed by atoms with Crippen LogP contribution in [0.15, 0.2) is 30.3 Å². The zero-order chi connectivity index (χ0) is 14.1. The lowest BCUT2D eigenvalue weighted by Gasteiger charge is -2.09. The Kier molecular flexibility index (Phi) is 6.38. The van der Waals surface area contributed by atoms with Gasteiger partial charge in [0.15, 0.2) is 0 Å². The summed E-state index contributed by atoms with van der Waals surface area (Å²) in [6, 6.07) is 8.66. The molecule has 0 spiro atoms. The average molecular weight is 265 g/mol. The third-order valence-corrected chi connectivity index (χ3v) is 2.55. The van der Waals surface area contributed by atoms with Crippen LogP contribution in [0.1, 0.15) is 12.8 Å². The molecule has 0 aliphatic rings. The van der Waals surface area contributed by atoms with Crippen LogP contribution in [0, 0.1) is 0 Å². The molecule has 1 amide bonds. The Morgan fingerprint density at radius 2 is 1.89 bits per heavy atom. The highest BCUT2D eigenvalue weighted by Gasteiger charge is 2.11. The van der Waals surface area contributed by atoms with Crippen molar-refractivity contribution in [3.63, 3.8) is 0 Å². The molecule has 1 unspecified atom stereocenters. The van der Waals surface area contributed by atoms with Gasteiger partial charge in [0.2, 0.25) is 5.91 Å². The number of aliphatic carboxylic acids is 1. The molecule has 0 aromatic heterocycles. The van der Waals surface area contributed by atoms with Gasteiger partial charge in [-0.25, -0.2) is 0 Å². The molecular weight excluding hydrogens is 246 g/mol. The van der Waals surface area contributed by atoms with Crippen molar-refractivity contribution < 1.29 is 14.7 Å². The summed E-state index contributed by atoms with van der Waals surface area (Å²) < 4.78 is 0. The van der Waals surface area contributed by atoms with E-state index in [9.17, 15) is 9.59 Å². The third kappa shape index (κ3) is 6.42. The zero-order valence-corrected chi connectivity index (χ0v) is 10.6. The van der Waals surface area contributed by atoms with Crippen molar-refractivity contribution in [1.29, 1.82) is 0 Å². The molecule has 0 radical (unpaired) electrons. The number of hydrogen-bond acceptors (Lipinski definition) is 4. The van der Waals surface area contributed by atoms with E-state index in [1.54, 1.807) is 0 Å². The first kappa shape index (κ1) is 15.0. The second-order valence-electron chi connectivity index (χ2n) is 4.13. The summed E-state index contributed by atoms with van der Waals surface area (Å²) in [4.78, 5) is 21.9. The molecule has 1 rings (SSSR count). The summed E-state index contributed by atoms with van der Waals surface area (Å²) in [6.45, 7) is 0.804. The van der Waals surface area contributed by atoms with Gasteiger partial charge in [-0.1, -0.05) is 18.2 Å². The summed E-state index contributed by atoms with van der Waals surface area (Å²) in [5, 5.41) is 14.3. The first-order chi connectivity index (χ1) is 9.09. The maximum Gasteiger partial charge on any atom is 0.320 e. The fourth-order valence-electron chi connectivity index (χ4n) is 1.46. The van der Waals surface area contributed by atoms with Gasteiger partial charge in [0.05, 0.1) is 0 Å². The summed E-state index contributed by atoms with van der Waals surface area (Å²) >= 11 is 0. The van der Waals surface area contributed by atoms with Gasteiger partial charge in [0, 0.05) is 25.2 Å². The van der Waals surface area contributed by atoms with Crippen LogP contribution in [0.25, 0.3) is 0 Å². The largest absolute Gasteiger partial charge is 0.480 e. The fraction of sp³-hybridized carbons (Fsp3) is 0.385. The summed E-state index contributed by atoms with van der Waals surface area (Å²) in [5.41, 5.74) is 6.28. The SMILES string of the molecule is NC(CCNC(=O)CCNc1ccccc1)C(=O)O. The molecule has 1 aromatic carbocycles. The van der Waals surface area contributed by atoms with Crippen LogP contribution in [0.5, 0.6) is 0 Å². The molecule has 1 aromatic rings. The van der Waals surface area contributed by atoms with Gasteiger partial charge >= 0.3 is 5.97 Å². The minimum absolute atomic E-state index is 0.124. The number of carbonyl (C=O) groups is 2. The lowest BCUT2D eigenvalue weighted by Crippen LogP contribution is -2.35. The Morgan fingerprint density at radius 3 is 2.53 bits per heavy atom. The van der Waals surface area contributed by atoms with Crippen molar-refractivity contribution >= 4 is 17.6 Å². The van der Waals surface area contributed by atoms with Crippen molar-refractivity contribution in [2.24, 2.45) is 5.73 Å². The molecule has 0 fully saturated rings. The highest BCUT2D eigenvalue weighted by Crippen LogP contribution is 2.04. The van der Waals surface area contributed by atoms with E-state index in [2.05, 4.69) is 10.6 Å². The van der Waals surface area contributed by atoms with Gasteiger partial charge in [-0.3, -0.25) is 9.59 Å². The highest BCUT2D eigenvalue weighted by atomic mass is 16.4. The number of benzene rings is 1. The summed E-state index contributed by atoms with van der Waals surface area (Å²) in [6.07, 6.45) is 0.560. The number of nitrogens with one attached hydrogen (secondary N) is 2. The number of hydrogen-bond donors (Lipinski definition) is 4. The second-order valence-corrected chi connectivity index (χ2v) is 4.13. The van der Waals surface area contributed by atoms with Crippen molar-refractivity contribution in [2.75, 3.05) is 18.4 Å². The molecule has 0 saturated carbocycles. The molecule has 104 valence electrons. The predicted octanol–water partition coefficient (Wildman–Crippen LogP) is 0.407. The Bertz CT molecular complexity index is 409. The van der Waals surface area contributed by atoms with Crippen LogP contribution in [0.4, 0.5) is 5.69 Å². The van der Waals surface area contributed by atoms with Gasteiger partial charge in [-0.2, -0.15) is 0 Å². The van der Waals surface area contributed by atoms with Gasteiger partial charge in [-0.15, -0.1) is 0 Å². The number of amides is 1. The van der Waals surface area contributed by atoms with E-state index in [1.165, 1.54) is 0 Å². The topological polar surface area (TPSA) is 104 Å². The molecule has 0 heterocycles.